The van der Waals surface area contributed by atoms with E-state index in [2.05, 4.69) is 51.7 Å². The van der Waals surface area contributed by atoms with Crippen LogP contribution in [0.25, 0.3) is 0 Å². The Kier molecular flexibility index (Phi) is 28.8. The minimum atomic E-state index is -0.220. The molecule has 0 aliphatic carbocycles. The van der Waals surface area contributed by atoms with Crippen LogP contribution in [0.15, 0.2) is 12.2 Å². The highest BCUT2D eigenvalue weighted by Crippen LogP contribution is 2.20. The van der Waals surface area contributed by atoms with E-state index in [1.54, 1.807) is 4.90 Å². The van der Waals surface area contributed by atoms with Crippen molar-refractivity contribution >= 4 is 17.8 Å². The Labute approximate surface area is 265 Å². The number of hydrogen-bond donors (Lipinski definition) is 0. The molecule has 0 aromatic heterocycles. The lowest BCUT2D eigenvalue weighted by Gasteiger charge is -2.25. The van der Waals surface area contributed by atoms with Gasteiger partial charge in [-0.2, -0.15) is 0 Å². The molecule has 0 aromatic carbocycles. The molecular weight excluding hydrogens is 540 g/mol. The van der Waals surface area contributed by atoms with E-state index < -0.39 is 0 Å². The van der Waals surface area contributed by atoms with Gasteiger partial charge in [-0.3, -0.25) is 14.4 Å². The summed E-state index contributed by atoms with van der Waals surface area (Å²) < 4.78 is 11.2. The van der Waals surface area contributed by atoms with E-state index in [9.17, 15) is 14.4 Å². The summed E-state index contributed by atoms with van der Waals surface area (Å²) in [7, 11) is 0. The molecule has 0 aliphatic rings. The molecule has 0 N–H and O–H groups in total. The molecule has 0 saturated heterocycles. The predicted octanol–water partition coefficient (Wildman–Crippen LogP) is 8.50. The van der Waals surface area contributed by atoms with Crippen molar-refractivity contribution < 1.29 is 23.9 Å². The van der Waals surface area contributed by atoms with Gasteiger partial charge in [0.2, 0.25) is 5.91 Å². The molecule has 0 aromatic rings. The number of ether oxygens (including phenoxy) is 2. The van der Waals surface area contributed by atoms with Crippen molar-refractivity contribution in [3.05, 3.63) is 12.2 Å². The Balaban J connectivity index is 4.89. The second-order valence-corrected chi connectivity index (χ2v) is 11.8. The van der Waals surface area contributed by atoms with Crippen molar-refractivity contribution in [2.45, 2.75) is 150 Å². The zero-order valence-electron chi connectivity index (χ0n) is 28.8. The summed E-state index contributed by atoms with van der Waals surface area (Å²) in [6.45, 7) is 14.2. The van der Waals surface area contributed by atoms with Gasteiger partial charge in [-0.1, -0.05) is 111 Å². The molecule has 0 fully saturated rings. The highest BCUT2D eigenvalue weighted by molar-refractivity contribution is 5.76. The molecule has 252 valence electrons. The first-order valence-corrected chi connectivity index (χ1v) is 17.9. The van der Waals surface area contributed by atoms with Crippen LogP contribution in [0.5, 0.6) is 0 Å². The van der Waals surface area contributed by atoms with Gasteiger partial charge in [0.05, 0.1) is 19.0 Å². The molecular formula is C36H68N2O5. The Hall–Kier alpha value is -1.89. The molecule has 0 aliphatic heterocycles. The van der Waals surface area contributed by atoms with Crippen molar-refractivity contribution in [2.75, 3.05) is 45.9 Å². The van der Waals surface area contributed by atoms with Crippen LogP contribution in [0, 0.1) is 5.92 Å². The average Bonchev–Trinajstić information content (AvgIpc) is 3.01. The van der Waals surface area contributed by atoms with Gasteiger partial charge in [0, 0.05) is 19.4 Å². The number of rotatable bonds is 30. The SMILES string of the molecule is CC/C=C\CCCCC(=O)OCCN(CCOC(=O)C(CCCCCC)CCCCCCCC)C(=O)CCN(CC)CC. The quantitative estimate of drug-likeness (QED) is 0.0462. The zero-order valence-corrected chi connectivity index (χ0v) is 28.8. The topological polar surface area (TPSA) is 76.1 Å². The third kappa shape index (κ3) is 24.2. The van der Waals surface area contributed by atoms with E-state index in [1.165, 1.54) is 44.9 Å². The Morgan fingerprint density at radius 2 is 1.21 bits per heavy atom. The van der Waals surface area contributed by atoms with Crippen LogP contribution in [0.1, 0.15) is 150 Å². The number of esters is 2. The first kappa shape index (κ1) is 41.1. The van der Waals surface area contributed by atoms with Crippen LogP contribution in [0.4, 0.5) is 0 Å². The fourth-order valence-electron chi connectivity index (χ4n) is 5.21. The van der Waals surface area contributed by atoms with Gasteiger partial charge in [-0.05, 0) is 51.6 Å². The van der Waals surface area contributed by atoms with Gasteiger partial charge in [-0.25, -0.2) is 0 Å². The monoisotopic (exact) mass is 609 g/mol. The number of allylic oxidation sites excluding steroid dienone is 2. The van der Waals surface area contributed by atoms with Crippen molar-refractivity contribution in [3.63, 3.8) is 0 Å². The van der Waals surface area contributed by atoms with Crippen LogP contribution in [-0.4, -0.2) is 73.6 Å². The van der Waals surface area contributed by atoms with Crippen LogP contribution in [0.3, 0.4) is 0 Å². The molecule has 0 spiro atoms. The van der Waals surface area contributed by atoms with Gasteiger partial charge in [-0.15, -0.1) is 0 Å². The van der Waals surface area contributed by atoms with E-state index in [0.29, 0.717) is 32.5 Å². The summed E-state index contributed by atoms with van der Waals surface area (Å²) in [6.07, 6.45) is 22.5. The molecule has 0 radical (unpaired) electrons. The van der Waals surface area contributed by atoms with Crippen LogP contribution >= 0.6 is 0 Å². The van der Waals surface area contributed by atoms with E-state index in [-0.39, 0.29) is 37.0 Å². The molecule has 7 nitrogen and oxygen atoms in total. The average molecular weight is 609 g/mol. The number of amides is 1. The van der Waals surface area contributed by atoms with Gasteiger partial charge >= 0.3 is 11.9 Å². The normalized spacial score (nSPS) is 12.1. The van der Waals surface area contributed by atoms with Crippen molar-refractivity contribution in [1.29, 1.82) is 0 Å². The Morgan fingerprint density at radius 1 is 0.628 bits per heavy atom. The first-order chi connectivity index (χ1) is 20.9. The number of carbonyl (C=O) groups is 3. The van der Waals surface area contributed by atoms with Crippen LogP contribution < -0.4 is 0 Å². The lowest BCUT2D eigenvalue weighted by molar-refractivity contribution is -0.151. The smallest absolute Gasteiger partial charge is 0.308 e. The number of unbranched alkanes of at least 4 members (excludes halogenated alkanes) is 10. The molecule has 0 rings (SSSR count). The van der Waals surface area contributed by atoms with E-state index in [4.69, 9.17) is 9.47 Å². The summed E-state index contributed by atoms with van der Waals surface area (Å²) in [5.74, 6) is -0.402. The molecule has 7 heteroatoms. The fourth-order valence-corrected chi connectivity index (χ4v) is 5.21. The maximum absolute atomic E-state index is 13.1. The van der Waals surface area contributed by atoms with Crippen molar-refractivity contribution in [1.82, 2.24) is 9.80 Å². The molecule has 43 heavy (non-hydrogen) atoms. The van der Waals surface area contributed by atoms with Crippen molar-refractivity contribution in [2.24, 2.45) is 5.92 Å². The molecule has 0 heterocycles. The summed E-state index contributed by atoms with van der Waals surface area (Å²) in [5, 5.41) is 0. The van der Waals surface area contributed by atoms with E-state index in [0.717, 1.165) is 70.9 Å². The van der Waals surface area contributed by atoms with Crippen LogP contribution in [0.2, 0.25) is 0 Å². The van der Waals surface area contributed by atoms with Crippen LogP contribution in [-0.2, 0) is 23.9 Å². The maximum atomic E-state index is 13.1. The summed E-state index contributed by atoms with van der Waals surface area (Å²) in [4.78, 5) is 42.4. The number of carbonyl (C=O) groups excluding carboxylic acids is 3. The highest BCUT2D eigenvalue weighted by atomic mass is 16.5. The molecule has 1 atom stereocenters. The number of nitrogens with zero attached hydrogens (tertiary/aromatic N) is 2. The maximum Gasteiger partial charge on any atom is 0.308 e. The lowest BCUT2D eigenvalue weighted by Crippen LogP contribution is -2.39. The second-order valence-electron chi connectivity index (χ2n) is 11.8. The minimum Gasteiger partial charge on any atom is -0.464 e. The van der Waals surface area contributed by atoms with Gasteiger partial charge in [0.25, 0.3) is 0 Å². The third-order valence-electron chi connectivity index (χ3n) is 8.17. The fraction of sp³-hybridized carbons (Fsp3) is 0.861. The minimum absolute atomic E-state index is 0.00454. The summed E-state index contributed by atoms with van der Waals surface area (Å²) in [6, 6.07) is 0. The Morgan fingerprint density at radius 3 is 1.81 bits per heavy atom. The summed E-state index contributed by atoms with van der Waals surface area (Å²) >= 11 is 0. The van der Waals surface area contributed by atoms with Gasteiger partial charge < -0.3 is 19.3 Å². The molecule has 1 amide bonds. The largest absolute Gasteiger partial charge is 0.464 e. The molecule has 0 saturated carbocycles. The second kappa shape index (κ2) is 30.1. The zero-order chi connectivity index (χ0) is 32.0. The highest BCUT2D eigenvalue weighted by Gasteiger charge is 2.21. The lowest BCUT2D eigenvalue weighted by atomic mass is 9.94. The molecule has 1 unspecified atom stereocenters. The van der Waals surface area contributed by atoms with E-state index >= 15 is 0 Å². The van der Waals surface area contributed by atoms with E-state index in [1.807, 2.05) is 0 Å². The predicted molar refractivity (Wildman–Crippen MR) is 179 cm³/mol. The van der Waals surface area contributed by atoms with Gasteiger partial charge in [0.1, 0.15) is 13.2 Å². The van der Waals surface area contributed by atoms with Gasteiger partial charge in [0.15, 0.2) is 0 Å². The Bertz CT molecular complexity index is 708. The van der Waals surface area contributed by atoms with Crippen molar-refractivity contribution in [3.8, 4) is 0 Å². The first-order valence-electron chi connectivity index (χ1n) is 17.9. The third-order valence-corrected chi connectivity index (χ3v) is 8.17. The summed E-state index contributed by atoms with van der Waals surface area (Å²) in [5.41, 5.74) is 0. The molecule has 0 bridgehead atoms. The standard InChI is InChI=1S/C36H68N2O5/c1-6-11-14-17-19-22-25-33(24-21-16-13-8-3)36(41)43-32-30-38(34(39)27-28-37(9-4)10-5)29-31-42-35(40)26-23-20-18-15-12-7-2/h12,15,33H,6-11,13-14,16-32H2,1-5H3/b15-12-. The number of hydrogen-bond acceptors (Lipinski definition) is 6.